The lowest BCUT2D eigenvalue weighted by molar-refractivity contribution is -0.144. The number of alkyl halides is 12. The van der Waals surface area contributed by atoms with E-state index in [1.807, 2.05) is 12.1 Å². The van der Waals surface area contributed by atoms with Crippen LogP contribution >= 0.6 is 0 Å². The van der Waals surface area contributed by atoms with Gasteiger partial charge in [0, 0.05) is 21.5 Å². The number of hydrogen-bond donors (Lipinski definition) is 0. The number of nitrogens with zero attached hydrogens (tertiary/aromatic N) is 5. The molecular formula is C55H25F12N5. The van der Waals surface area contributed by atoms with E-state index in [1.165, 1.54) is 54.6 Å². The molecule has 0 atom stereocenters. The molecule has 0 saturated heterocycles. The van der Waals surface area contributed by atoms with Crippen molar-refractivity contribution in [3.05, 3.63) is 191 Å². The molecule has 2 heterocycles. The Hall–Kier alpha value is -9.01. The van der Waals surface area contributed by atoms with Crippen LogP contribution < -0.4 is 0 Å². The standard InChI is InChI=1S/C55H25F12N5/c56-52(57,58)37-16-34(17-38(24-37)53(59,60)61)31-9-11-48-43(20-31)41-5-1-3-7-46(41)71(48)50-22-36(33-14-29(26-68)13-30(15-33)27-69)23-51(45(50)28-70)72-47-8-4-2-6-42(47)44-21-32(10-12-49(44)72)35-18-39(54(62,63)64)25-40(19-35)55(65,66)67/h1-25H. The van der Waals surface area contributed by atoms with Gasteiger partial charge in [0.15, 0.2) is 0 Å². The summed E-state index contributed by atoms with van der Waals surface area (Å²) in [5, 5.41) is 33.0. The van der Waals surface area contributed by atoms with Crippen molar-refractivity contribution in [2.24, 2.45) is 0 Å². The first-order valence-electron chi connectivity index (χ1n) is 21.3. The molecule has 354 valence electrons. The molecule has 0 saturated carbocycles. The summed E-state index contributed by atoms with van der Waals surface area (Å²) in [6.45, 7) is 0. The molecule has 72 heavy (non-hydrogen) atoms. The predicted octanol–water partition coefficient (Wildman–Crippen LogP) is 16.6. The molecule has 0 aliphatic heterocycles. The summed E-state index contributed by atoms with van der Waals surface area (Å²) in [7, 11) is 0. The fourth-order valence-electron chi connectivity index (χ4n) is 9.24. The second-order valence-corrected chi connectivity index (χ2v) is 16.8. The van der Waals surface area contributed by atoms with Crippen molar-refractivity contribution >= 4 is 43.6 Å². The van der Waals surface area contributed by atoms with Crippen molar-refractivity contribution in [1.29, 1.82) is 15.8 Å². The quantitative estimate of drug-likeness (QED) is 0.161. The molecule has 0 N–H and O–H groups in total. The van der Waals surface area contributed by atoms with Crippen molar-refractivity contribution in [2.75, 3.05) is 0 Å². The minimum Gasteiger partial charge on any atom is -0.308 e. The first kappa shape index (κ1) is 46.7. The zero-order chi connectivity index (χ0) is 51.2. The molecule has 5 nitrogen and oxygen atoms in total. The fraction of sp³-hybridized carbons (Fsp3) is 0.0727. The fourth-order valence-corrected chi connectivity index (χ4v) is 9.24. The van der Waals surface area contributed by atoms with Crippen LogP contribution in [0.4, 0.5) is 52.7 Å². The molecule has 0 unspecified atom stereocenters. The summed E-state index contributed by atoms with van der Waals surface area (Å²) in [5.74, 6) is 0. The van der Waals surface area contributed by atoms with E-state index in [1.54, 1.807) is 69.8 Å². The smallest absolute Gasteiger partial charge is 0.308 e. The SMILES string of the molecule is N#Cc1cc(C#N)cc(-c2cc(-n3c4ccccc4c4cc(-c5cc(C(F)(F)F)cc(C(F)(F)F)c5)ccc43)c(C#N)c(-n3c4ccccc4c4cc(-c5cc(C(F)(F)F)cc(C(F)(F)F)c5)ccc43)c2)c1. The van der Waals surface area contributed by atoms with Gasteiger partial charge in [0.1, 0.15) is 11.6 Å². The van der Waals surface area contributed by atoms with E-state index in [0.29, 0.717) is 79.0 Å². The Morgan fingerprint density at radius 3 is 0.986 bits per heavy atom. The zero-order valence-electron chi connectivity index (χ0n) is 36.2. The maximum Gasteiger partial charge on any atom is 0.416 e. The highest BCUT2D eigenvalue weighted by molar-refractivity contribution is 6.12. The Balaban J connectivity index is 1.27. The number of rotatable bonds is 5. The van der Waals surface area contributed by atoms with Crippen LogP contribution in [0.25, 0.3) is 88.4 Å². The van der Waals surface area contributed by atoms with E-state index >= 15 is 0 Å². The Morgan fingerprint density at radius 2 is 0.639 bits per heavy atom. The van der Waals surface area contributed by atoms with Crippen molar-refractivity contribution in [1.82, 2.24) is 9.13 Å². The topological polar surface area (TPSA) is 81.2 Å². The summed E-state index contributed by atoms with van der Waals surface area (Å²) in [5.41, 5.74) is -3.86. The summed E-state index contributed by atoms with van der Waals surface area (Å²) < 4.78 is 171. The molecule has 10 rings (SSSR count). The molecule has 0 radical (unpaired) electrons. The maximum absolute atomic E-state index is 14.0. The van der Waals surface area contributed by atoms with Gasteiger partial charge in [0.05, 0.1) is 79.0 Å². The lowest BCUT2D eigenvalue weighted by atomic mass is 9.96. The highest BCUT2D eigenvalue weighted by Crippen LogP contribution is 2.45. The van der Waals surface area contributed by atoms with Gasteiger partial charge in [0.25, 0.3) is 0 Å². The van der Waals surface area contributed by atoms with Crippen molar-refractivity contribution in [2.45, 2.75) is 24.7 Å². The minimum atomic E-state index is -5.12. The number of halogens is 12. The second-order valence-electron chi connectivity index (χ2n) is 16.8. The van der Waals surface area contributed by atoms with E-state index in [4.69, 9.17) is 0 Å². The van der Waals surface area contributed by atoms with Crippen molar-refractivity contribution in [3.63, 3.8) is 0 Å². The van der Waals surface area contributed by atoms with Crippen LogP contribution in [0.5, 0.6) is 0 Å². The normalized spacial score (nSPS) is 12.4. The Kier molecular flexibility index (Phi) is 10.7. The number of fused-ring (bicyclic) bond motifs is 6. The van der Waals surface area contributed by atoms with Gasteiger partial charge in [-0.05, 0) is 137 Å². The highest BCUT2D eigenvalue weighted by atomic mass is 19.4. The third kappa shape index (κ3) is 8.06. The molecule has 0 amide bonds. The van der Waals surface area contributed by atoms with Gasteiger partial charge in [-0.25, -0.2) is 0 Å². The van der Waals surface area contributed by atoms with E-state index in [2.05, 4.69) is 6.07 Å². The van der Waals surface area contributed by atoms with E-state index in [0.717, 1.165) is 0 Å². The van der Waals surface area contributed by atoms with Gasteiger partial charge in [-0.2, -0.15) is 68.5 Å². The number of aromatic nitrogens is 2. The summed E-state index contributed by atoms with van der Waals surface area (Å²) >= 11 is 0. The van der Waals surface area contributed by atoms with Gasteiger partial charge in [0.2, 0.25) is 0 Å². The molecule has 2 aromatic heterocycles. The van der Waals surface area contributed by atoms with E-state index in [9.17, 15) is 68.5 Å². The van der Waals surface area contributed by atoms with Gasteiger partial charge >= 0.3 is 24.7 Å². The average molecular weight is 984 g/mol. The maximum atomic E-state index is 14.0. The molecule has 0 fully saturated rings. The number of benzene rings is 8. The third-order valence-corrected chi connectivity index (χ3v) is 12.4. The van der Waals surface area contributed by atoms with Crippen molar-refractivity contribution in [3.8, 4) is 63.0 Å². The summed E-state index contributed by atoms with van der Waals surface area (Å²) in [6, 6.07) is 38.6. The third-order valence-electron chi connectivity index (χ3n) is 12.4. The second kappa shape index (κ2) is 16.6. The van der Waals surface area contributed by atoms with Crippen LogP contribution in [0.1, 0.15) is 38.9 Å². The Labute approximate surface area is 398 Å². The van der Waals surface area contributed by atoms with Crippen molar-refractivity contribution < 1.29 is 52.7 Å². The first-order chi connectivity index (χ1) is 34.0. The lowest BCUT2D eigenvalue weighted by Crippen LogP contribution is -2.11. The molecule has 17 heteroatoms. The van der Waals surface area contributed by atoms with Gasteiger partial charge in [-0.15, -0.1) is 0 Å². The molecule has 0 bridgehead atoms. The van der Waals surface area contributed by atoms with Gasteiger partial charge in [-0.1, -0.05) is 48.5 Å². The largest absolute Gasteiger partial charge is 0.416 e. The van der Waals surface area contributed by atoms with Crippen LogP contribution in [-0.2, 0) is 24.7 Å². The molecule has 0 aliphatic rings. The molecule has 8 aromatic carbocycles. The molecule has 10 aromatic rings. The number of nitriles is 3. The summed E-state index contributed by atoms with van der Waals surface area (Å²) in [4.78, 5) is 0. The number of hydrogen-bond acceptors (Lipinski definition) is 3. The van der Waals surface area contributed by atoms with Crippen LogP contribution in [0.15, 0.2) is 152 Å². The Bertz CT molecular complexity index is 3720. The first-order valence-corrected chi connectivity index (χ1v) is 21.3. The monoisotopic (exact) mass is 983 g/mol. The zero-order valence-corrected chi connectivity index (χ0v) is 36.2. The van der Waals surface area contributed by atoms with Gasteiger partial charge in [-0.3, -0.25) is 0 Å². The molecular weight excluding hydrogens is 959 g/mol. The predicted molar refractivity (Wildman–Crippen MR) is 246 cm³/mol. The van der Waals surface area contributed by atoms with Gasteiger partial charge < -0.3 is 9.13 Å². The van der Waals surface area contributed by atoms with Crippen LogP contribution in [-0.4, -0.2) is 9.13 Å². The van der Waals surface area contributed by atoms with Crippen LogP contribution in [0.3, 0.4) is 0 Å². The number of para-hydroxylation sites is 2. The average Bonchev–Trinajstić information content (AvgIpc) is 3.86. The van der Waals surface area contributed by atoms with Crippen LogP contribution in [0.2, 0.25) is 0 Å². The van der Waals surface area contributed by atoms with E-state index < -0.39 is 47.0 Å². The Morgan fingerprint density at radius 1 is 0.306 bits per heavy atom. The minimum absolute atomic E-state index is 0.00505. The highest BCUT2D eigenvalue weighted by Gasteiger charge is 2.39. The summed E-state index contributed by atoms with van der Waals surface area (Å²) in [6.07, 6.45) is -20.5. The van der Waals surface area contributed by atoms with E-state index in [-0.39, 0.29) is 62.5 Å². The molecule has 0 spiro atoms. The lowest BCUT2D eigenvalue weighted by Gasteiger charge is -2.19. The molecule has 0 aliphatic carbocycles. The van der Waals surface area contributed by atoms with Crippen LogP contribution in [0, 0.1) is 34.0 Å².